The van der Waals surface area contributed by atoms with Crippen LogP contribution in [-0.4, -0.2) is 16.5 Å². The molecule has 1 rings (SSSR count). The number of halogens is 1. The lowest BCUT2D eigenvalue weighted by Crippen LogP contribution is -2.33. The standard InChI is InChI=1S/C12H16BrN3O/c1-8(2)16-7-10(13)6-11(16)12(17)15-9(3)4-5-14/h6-9H,4H2,1-3H3,(H,15,17). The van der Waals surface area contributed by atoms with Gasteiger partial charge in [0.2, 0.25) is 0 Å². The van der Waals surface area contributed by atoms with Gasteiger partial charge in [-0.25, -0.2) is 0 Å². The van der Waals surface area contributed by atoms with Crippen molar-refractivity contribution in [2.24, 2.45) is 0 Å². The maximum absolute atomic E-state index is 12.0. The second-order valence-electron chi connectivity index (χ2n) is 4.28. The topological polar surface area (TPSA) is 57.8 Å². The smallest absolute Gasteiger partial charge is 0.268 e. The average molecular weight is 298 g/mol. The summed E-state index contributed by atoms with van der Waals surface area (Å²) in [5, 5.41) is 11.4. The molecule has 1 unspecified atom stereocenters. The number of nitriles is 1. The van der Waals surface area contributed by atoms with Crippen molar-refractivity contribution in [2.45, 2.75) is 39.3 Å². The van der Waals surface area contributed by atoms with Crippen LogP contribution in [0.25, 0.3) is 0 Å². The van der Waals surface area contributed by atoms with Crippen molar-refractivity contribution in [1.82, 2.24) is 9.88 Å². The van der Waals surface area contributed by atoms with E-state index in [1.807, 2.05) is 37.6 Å². The monoisotopic (exact) mass is 297 g/mol. The SMILES string of the molecule is CC(CC#N)NC(=O)c1cc(Br)cn1C(C)C. The van der Waals surface area contributed by atoms with E-state index in [-0.39, 0.29) is 18.0 Å². The maximum atomic E-state index is 12.0. The van der Waals surface area contributed by atoms with Crippen molar-refractivity contribution in [3.8, 4) is 6.07 Å². The molecule has 1 amide bonds. The molecule has 17 heavy (non-hydrogen) atoms. The van der Waals surface area contributed by atoms with Crippen LogP contribution < -0.4 is 5.32 Å². The van der Waals surface area contributed by atoms with Gasteiger partial charge >= 0.3 is 0 Å². The normalized spacial score (nSPS) is 12.2. The molecule has 5 heteroatoms. The number of carbonyl (C=O) groups excluding carboxylic acids is 1. The van der Waals surface area contributed by atoms with Crippen molar-refractivity contribution in [3.05, 3.63) is 22.4 Å². The van der Waals surface area contributed by atoms with Gasteiger partial charge in [-0.05, 0) is 42.8 Å². The molecule has 0 saturated carbocycles. The van der Waals surface area contributed by atoms with Crippen LogP contribution in [0.4, 0.5) is 0 Å². The second-order valence-corrected chi connectivity index (χ2v) is 5.20. The van der Waals surface area contributed by atoms with Gasteiger partial charge in [-0.3, -0.25) is 4.79 Å². The fraction of sp³-hybridized carbons (Fsp3) is 0.500. The fourth-order valence-corrected chi connectivity index (χ4v) is 1.98. The van der Waals surface area contributed by atoms with Gasteiger partial charge < -0.3 is 9.88 Å². The number of nitrogens with zero attached hydrogens (tertiary/aromatic N) is 2. The summed E-state index contributed by atoms with van der Waals surface area (Å²) in [4.78, 5) is 12.0. The highest BCUT2D eigenvalue weighted by Gasteiger charge is 2.16. The van der Waals surface area contributed by atoms with Gasteiger partial charge in [0, 0.05) is 22.8 Å². The molecule has 1 atom stereocenters. The van der Waals surface area contributed by atoms with Crippen LogP contribution in [0, 0.1) is 11.3 Å². The lowest BCUT2D eigenvalue weighted by molar-refractivity contribution is 0.0930. The third-order valence-corrected chi connectivity index (χ3v) is 2.81. The van der Waals surface area contributed by atoms with Crippen LogP contribution in [0.1, 0.15) is 43.7 Å². The van der Waals surface area contributed by atoms with Crippen LogP contribution in [0.2, 0.25) is 0 Å². The highest BCUT2D eigenvalue weighted by molar-refractivity contribution is 9.10. The third-order valence-electron chi connectivity index (χ3n) is 2.38. The molecule has 0 aliphatic heterocycles. The Morgan fingerprint density at radius 1 is 1.59 bits per heavy atom. The van der Waals surface area contributed by atoms with Crippen LogP contribution in [0.5, 0.6) is 0 Å². The first kappa shape index (κ1) is 13.8. The van der Waals surface area contributed by atoms with E-state index in [9.17, 15) is 4.79 Å². The first-order valence-electron chi connectivity index (χ1n) is 5.51. The zero-order chi connectivity index (χ0) is 13.0. The minimum atomic E-state index is -0.146. The lowest BCUT2D eigenvalue weighted by atomic mass is 10.2. The summed E-state index contributed by atoms with van der Waals surface area (Å²) >= 11 is 3.36. The van der Waals surface area contributed by atoms with E-state index in [1.165, 1.54) is 0 Å². The molecule has 0 radical (unpaired) electrons. The molecule has 0 aliphatic carbocycles. The average Bonchev–Trinajstić information content (AvgIpc) is 2.60. The number of amides is 1. The van der Waals surface area contributed by atoms with Gasteiger partial charge in [-0.1, -0.05) is 0 Å². The van der Waals surface area contributed by atoms with Gasteiger partial charge in [0.15, 0.2) is 0 Å². The predicted octanol–water partition coefficient (Wildman–Crippen LogP) is 2.86. The van der Waals surface area contributed by atoms with Crippen molar-refractivity contribution >= 4 is 21.8 Å². The molecular formula is C12H16BrN3O. The summed E-state index contributed by atoms with van der Waals surface area (Å²) in [5.74, 6) is -0.146. The summed E-state index contributed by atoms with van der Waals surface area (Å²) in [6.45, 7) is 5.85. The Bertz CT molecular complexity index is 445. The number of nitrogens with one attached hydrogen (secondary N) is 1. The molecule has 0 saturated heterocycles. The summed E-state index contributed by atoms with van der Waals surface area (Å²) < 4.78 is 2.78. The largest absolute Gasteiger partial charge is 0.347 e. The quantitative estimate of drug-likeness (QED) is 0.929. The van der Waals surface area contributed by atoms with Crippen molar-refractivity contribution < 1.29 is 4.79 Å². The molecule has 92 valence electrons. The zero-order valence-electron chi connectivity index (χ0n) is 10.2. The first-order valence-corrected chi connectivity index (χ1v) is 6.30. The number of hydrogen-bond donors (Lipinski definition) is 1. The third kappa shape index (κ3) is 3.60. The predicted molar refractivity (Wildman–Crippen MR) is 69.7 cm³/mol. The Labute approximate surface area is 110 Å². The number of hydrogen-bond acceptors (Lipinski definition) is 2. The molecule has 0 aliphatic rings. The molecular weight excluding hydrogens is 282 g/mol. The zero-order valence-corrected chi connectivity index (χ0v) is 11.8. The Balaban J connectivity index is 2.85. The summed E-state index contributed by atoms with van der Waals surface area (Å²) in [7, 11) is 0. The Kier molecular flexibility index (Phi) is 4.76. The van der Waals surface area contributed by atoms with E-state index < -0.39 is 0 Å². The van der Waals surface area contributed by atoms with Crippen LogP contribution in [0.3, 0.4) is 0 Å². The van der Waals surface area contributed by atoms with Gasteiger partial charge in [-0.15, -0.1) is 0 Å². The van der Waals surface area contributed by atoms with Crippen LogP contribution >= 0.6 is 15.9 Å². The molecule has 0 aromatic carbocycles. The van der Waals surface area contributed by atoms with E-state index in [2.05, 4.69) is 21.2 Å². The van der Waals surface area contributed by atoms with Crippen LogP contribution in [0.15, 0.2) is 16.7 Å². The molecule has 1 aromatic rings. The van der Waals surface area contributed by atoms with Crippen molar-refractivity contribution in [3.63, 3.8) is 0 Å². The molecule has 1 aromatic heterocycles. The summed E-state index contributed by atoms with van der Waals surface area (Å²) in [6.07, 6.45) is 2.20. The molecule has 0 spiro atoms. The number of carbonyl (C=O) groups is 1. The van der Waals surface area contributed by atoms with E-state index in [4.69, 9.17) is 5.26 Å². The fourth-order valence-electron chi connectivity index (χ4n) is 1.54. The maximum Gasteiger partial charge on any atom is 0.268 e. The van der Waals surface area contributed by atoms with Gasteiger partial charge in [0.25, 0.3) is 5.91 Å². The van der Waals surface area contributed by atoms with Gasteiger partial charge in [0.05, 0.1) is 12.5 Å². The summed E-state index contributed by atoms with van der Waals surface area (Å²) in [6, 6.07) is 3.90. The van der Waals surface area contributed by atoms with E-state index in [0.717, 1.165) is 4.47 Å². The molecule has 0 bridgehead atoms. The lowest BCUT2D eigenvalue weighted by Gasteiger charge is -2.14. The highest BCUT2D eigenvalue weighted by atomic mass is 79.9. The Hall–Kier alpha value is -1.28. The van der Waals surface area contributed by atoms with Gasteiger partial charge in [-0.2, -0.15) is 5.26 Å². The highest BCUT2D eigenvalue weighted by Crippen LogP contribution is 2.19. The van der Waals surface area contributed by atoms with Crippen LogP contribution in [-0.2, 0) is 0 Å². The van der Waals surface area contributed by atoms with E-state index in [1.54, 1.807) is 6.07 Å². The number of aromatic nitrogens is 1. The second kappa shape index (κ2) is 5.87. The van der Waals surface area contributed by atoms with E-state index >= 15 is 0 Å². The van der Waals surface area contributed by atoms with Gasteiger partial charge in [0.1, 0.15) is 5.69 Å². The summed E-state index contributed by atoms with van der Waals surface area (Å²) in [5.41, 5.74) is 0.608. The molecule has 4 nitrogen and oxygen atoms in total. The Morgan fingerprint density at radius 2 is 2.24 bits per heavy atom. The van der Waals surface area contributed by atoms with E-state index in [0.29, 0.717) is 12.1 Å². The Morgan fingerprint density at radius 3 is 2.76 bits per heavy atom. The minimum Gasteiger partial charge on any atom is -0.347 e. The van der Waals surface area contributed by atoms with Crippen molar-refractivity contribution in [2.75, 3.05) is 0 Å². The number of rotatable bonds is 4. The first-order chi connectivity index (χ1) is 7.95. The molecule has 0 fully saturated rings. The minimum absolute atomic E-state index is 0.137. The molecule has 1 heterocycles. The molecule has 1 N–H and O–H groups in total. The van der Waals surface area contributed by atoms with Crippen molar-refractivity contribution in [1.29, 1.82) is 5.26 Å².